The first kappa shape index (κ1) is 35.0. The van der Waals surface area contributed by atoms with E-state index in [9.17, 15) is 19.2 Å². The van der Waals surface area contributed by atoms with Gasteiger partial charge in [0.25, 0.3) is 0 Å². The molecule has 2 fully saturated rings. The molecule has 2 saturated carbocycles. The highest BCUT2D eigenvalue weighted by Crippen LogP contribution is 2.34. The van der Waals surface area contributed by atoms with Gasteiger partial charge in [0.05, 0.1) is 13.2 Å². The molecule has 8 nitrogen and oxygen atoms in total. The zero-order chi connectivity index (χ0) is 29.3. The number of carboxylic acids is 2. The number of unbranched alkanes of at least 4 members (excludes halogenated alkanes) is 12. The van der Waals surface area contributed by atoms with E-state index in [1.54, 1.807) is 11.8 Å². The molecule has 0 aromatic rings. The first-order valence-electron chi connectivity index (χ1n) is 15.2. The highest BCUT2D eigenvalue weighted by molar-refractivity contribution is 5.97. The van der Waals surface area contributed by atoms with E-state index in [-0.39, 0.29) is 0 Å². The minimum absolute atomic E-state index is 0.328. The average molecular weight is 561 g/mol. The first-order chi connectivity index (χ1) is 19.4. The zero-order valence-corrected chi connectivity index (χ0v) is 24.1. The molecular weight excluding hydrogens is 512 g/mol. The van der Waals surface area contributed by atoms with Gasteiger partial charge in [-0.1, -0.05) is 116 Å². The number of aliphatic carboxylic acids is 2. The molecule has 2 aliphatic rings. The van der Waals surface area contributed by atoms with Crippen molar-refractivity contribution in [1.82, 2.24) is 0 Å². The van der Waals surface area contributed by atoms with Gasteiger partial charge in [0.2, 0.25) is 0 Å². The highest BCUT2D eigenvalue weighted by Gasteiger charge is 2.20. The van der Waals surface area contributed by atoms with Gasteiger partial charge < -0.3 is 19.7 Å². The summed E-state index contributed by atoms with van der Waals surface area (Å²) in [6.45, 7) is 0.656. The molecule has 0 aliphatic heterocycles. The van der Waals surface area contributed by atoms with Crippen LogP contribution in [0.1, 0.15) is 128 Å². The molecule has 2 N–H and O–H groups in total. The van der Waals surface area contributed by atoms with E-state index in [1.165, 1.54) is 103 Å². The maximum absolute atomic E-state index is 11.0. The van der Waals surface area contributed by atoms with E-state index < -0.39 is 23.9 Å². The molecule has 2 rings (SSSR count). The Labute approximate surface area is 240 Å². The Morgan fingerprint density at radius 2 is 0.775 bits per heavy atom. The molecule has 0 radical (unpaired) electrons. The van der Waals surface area contributed by atoms with E-state index in [1.807, 2.05) is 11.8 Å². The molecular formula is C32H48O8. The molecule has 40 heavy (non-hydrogen) atoms. The number of ether oxygens (including phenoxy) is 2. The quantitative estimate of drug-likeness (QED) is 0.0769. The lowest BCUT2D eigenvalue weighted by atomic mass is 10.1. The Hall–Kier alpha value is -3.00. The molecule has 0 aromatic carbocycles. The summed E-state index contributed by atoms with van der Waals surface area (Å²) in [6, 6.07) is 0. The molecule has 2 aliphatic carbocycles. The Morgan fingerprint density at radius 1 is 0.475 bits per heavy atom. The van der Waals surface area contributed by atoms with Crippen molar-refractivity contribution in [3.63, 3.8) is 0 Å². The minimum Gasteiger partial charge on any atom is -0.472 e. The lowest BCUT2D eigenvalue weighted by Gasteiger charge is -2.02. The van der Waals surface area contributed by atoms with Crippen LogP contribution in [0.5, 0.6) is 0 Å². The van der Waals surface area contributed by atoms with Gasteiger partial charge in [0.1, 0.15) is 0 Å². The predicted molar refractivity (Wildman–Crippen MR) is 152 cm³/mol. The summed E-state index contributed by atoms with van der Waals surface area (Å²) in [4.78, 5) is 42.1. The Bertz CT molecular complexity index is 793. The van der Waals surface area contributed by atoms with E-state index in [2.05, 4.69) is 0 Å². The van der Waals surface area contributed by atoms with Gasteiger partial charge in [-0.2, -0.15) is 0 Å². The monoisotopic (exact) mass is 560 g/mol. The van der Waals surface area contributed by atoms with Crippen LogP contribution in [-0.4, -0.2) is 47.3 Å². The average Bonchev–Trinajstić information content (AvgIpc) is 3.85. The lowest BCUT2D eigenvalue weighted by Crippen LogP contribution is -2.03. The van der Waals surface area contributed by atoms with Crippen molar-refractivity contribution in [2.24, 2.45) is 11.8 Å². The fourth-order valence-corrected chi connectivity index (χ4v) is 4.26. The SMILES string of the molecule is O=C(O)C#CC(=O)OCCCCCCCCCC1CC1.O=C(O)C#CC(=O)OCCCCCCCCCC1CC1. The number of rotatable bonds is 20. The van der Waals surface area contributed by atoms with Crippen LogP contribution in [0.3, 0.4) is 0 Å². The Balaban J connectivity index is 0.000000400. The maximum Gasteiger partial charge on any atom is 0.384 e. The maximum atomic E-state index is 11.0. The summed E-state index contributed by atoms with van der Waals surface area (Å²) >= 11 is 0. The van der Waals surface area contributed by atoms with Crippen LogP contribution in [-0.2, 0) is 28.7 Å². The van der Waals surface area contributed by atoms with Crippen molar-refractivity contribution in [3.05, 3.63) is 0 Å². The second-order valence-electron chi connectivity index (χ2n) is 10.8. The summed E-state index contributed by atoms with van der Waals surface area (Å²) in [5.74, 6) is 5.24. The van der Waals surface area contributed by atoms with Gasteiger partial charge in [0.15, 0.2) is 0 Å². The normalized spacial score (nSPS) is 13.4. The van der Waals surface area contributed by atoms with Gasteiger partial charge >= 0.3 is 23.9 Å². The first-order valence-corrected chi connectivity index (χ1v) is 15.2. The number of carboxylic acid groups (broad SMARTS) is 2. The molecule has 0 unspecified atom stereocenters. The Kier molecular flexibility index (Phi) is 20.9. The van der Waals surface area contributed by atoms with Gasteiger partial charge in [-0.15, -0.1) is 0 Å². The smallest absolute Gasteiger partial charge is 0.384 e. The van der Waals surface area contributed by atoms with Gasteiger partial charge in [-0.05, 0) is 24.7 Å². The minimum atomic E-state index is -1.32. The number of hydrogen-bond donors (Lipinski definition) is 2. The van der Waals surface area contributed by atoms with Crippen LogP contribution >= 0.6 is 0 Å². The number of carbonyl (C=O) groups is 4. The van der Waals surface area contributed by atoms with Crippen molar-refractivity contribution >= 4 is 23.9 Å². The largest absolute Gasteiger partial charge is 0.472 e. The number of esters is 2. The third kappa shape index (κ3) is 26.6. The summed E-state index contributed by atoms with van der Waals surface area (Å²) in [6.07, 6.45) is 25.3. The van der Waals surface area contributed by atoms with Crippen LogP contribution in [0.15, 0.2) is 0 Å². The molecule has 0 amide bonds. The zero-order valence-electron chi connectivity index (χ0n) is 24.1. The fraction of sp³-hybridized carbons (Fsp3) is 0.750. The van der Waals surface area contributed by atoms with E-state index >= 15 is 0 Å². The fourth-order valence-electron chi connectivity index (χ4n) is 4.26. The molecule has 0 bridgehead atoms. The molecule has 0 saturated heterocycles. The molecule has 0 heterocycles. The van der Waals surface area contributed by atoms with Gasteiger partial charge in [0, 0.05) is 23.7 Å². The van der Waals surface area contributed by atoms with Crippen molar-refractivity contribution in [2.75, 3.05) is 13.2 Å². The second kappa shape index (κ2) is 23.9. The van der Waals surface area contributed by atoms with E-state index in [4.69, 9.17) is 19.7 Å². The third-order valence-corrected chi connectivity index (χ3v) is 6.92. The summed E-state index contributed by atoms with van der Waals surface area (Å²) in [5, 5.41) is 16.5. The van der Waals surface area contributed by atoms with Gasteiger partial charge in [-0.3, -0.25) is 0 Å². The summed E-state index contributed by atoms with van der Waals surface area (Å²) in [5.41, 5.74) is 0. The predicted octanol–water partition coefficient (Wildman–Crippen LogP) is 6.30. The molecule has 0 spiro atoms. The van der Waals surface area contributed by atoms with Crippen LogP contribution in [0, 0.1) is 35.5 Å². The van der Waals surface area contributed by atoms with Crippen molar-refractivity contribution in [3.8, 4) is 23.7 Å². The molecule has 224 valence electrons. The lowest BCUT2D eigenvalue weighted by molar-refractivity contribution is -0.137. The van der Waals surface area contributed by atoms with Crippen LogP contribution in [0.25, 0.3) is 0 Å². The van der Waals surface area contributed by atoms with Crippen molar-refractivity contribution < 1.29 is 38.9 Å². The highest BCUT2D eigenvalue weighted by atomic mass is 16.5. The van der Waals surface area contributed by atoms with E-state index in [0.29, 0.717) is 13.2 Å². The summed E-state index contributed by atoms with van der Waals surface area (Å²) < 4.78 is 9.59. The van der Waals surface area contributed by atoms with Crippen molar-refractivity contribution in [1.29, 1.82) is 0 Å². The van der Waals surface area contributed by atoms with Gasteiger partial charge in [-0.25, -0.2) is 19.2 Å². The third-order valence-electron chi connectivity index (χ3n) is 6.92. The second-order valence-corrected chi connectivity index (χ2v) is 10.8. The number of carbonyl (C=O) groups excluding carboxylic acids is 2. The molecule has 0 atom stereocenters. The topological polar surface area (TPSA) is 127 Å². The van der Waals surface area contributed by atoms with E-state index in [0.717, 1.165) is 37.5 Å². The van der Waals surface area contributed by atoms with Crippen molar-refractivity contribution in [2.45, 2.75) is 128 Å². The molecule has 8 heteroatoms. The standard InChI is InChI=1S/2C16H24O4/c2*17-15(18)11-12-16(19)20-13-7-5-3-1-2-4-6-8-14-9-10-14/h2*14H,1-10,13H2,(H,17,18). The van der Waals surface area contributed by atoms with Crippen LogP contribution in [0.4, 0.5) is 0 Å². The van der Waals surface area contributed by atoms with Crippen LogP contribution in [0.2, 0.25) is 0 Å². The molecule has 0 aromatic heterocycles. The van der Waals surface area contributed by atoms with Crippen LogP contribution < -0.4 is 0 Å². The number of hydrogen-bond acceptors (Lipinski definition) is 6. The summed E-state index contributed by atoms with van der Waals surface area (Å²) in [7, 11) is 0. The Morgan fingerprint density at radius 3 is 1.07 bits per heavy atom.